The maximum Gasteiger partial charge on any atom is 0.339 e. The van der Waals surface area contributed by atoms with Gasteiger partial charge in [-0.15, -0.1) is 0 Å². The van der Waals surface area contributed by atoms with Crippen molar-refractivity contribution in [2.45, 2.75) is 13.5 Å². The van der Waals surface area contributed by atoms with Crippen LogP contribution in [0, 0.1) is 7.14 Å². The molecule has 206 valence electrons. The Hall–Kier alpha value is -2.62. The Labute approximate surface area is 267 Å². The Morgan fingerprint density at radius 1 is 1.07 bits per heavy atom. The van der Waals surface area contributed by atoms with Crippen LogP contribution >= 0.6 is 68.5 Å². The molecular formula is C28H21ClI2N2O6S. The summed E-state index contributed by atoms with van der Waals surface area (Å²) in [7, 11) is 0. The Morgan fingerprint density at radius 3 is 2.55 bits per heavy atom. The van der Waals surface area contributed by atoms with E-state index in [1.165, 1.54) is 18.2 Å². The van der Waals surface area contributed by atoms with Gasteiger partial charge in [0.2, 0.25) is 5.91 Å². The summed E-state index contributed by atoms with van der Waals surface area (Å²) in [6.45, 7) is 1.67. The quantitative estimate of drug-likeness (QED) is 0.142. The number of thioether (sulfide) groups is 1. The van der Waals surface area contributed by atoms with Gasteiger partial charge < -0.3 is 14.8 Å². The van der Waals surface area contributed by atoms with Gasteiger partial charge in [-0.05, 0) is 106 Å². The number of ether oxygens (including phenoxy) is 2. The zero-order valence-corrected chi connectivity index (χ0v) is 26.8. The third-order valence-electron chi connectivity index (χ3n) is 5.47. The van der Waals surface area contributed by atoms with E-state index in [1.54, 1.807) is 13.0 Å². The monoisotopic (exact) mass is 802 g/mol. The first-order chi connectivity index (χ1) is 19.2. The molecule has 1 aliphatic heterocycles. The molecule has 0 spiro atoms. The van der Waals surface area contributed by atoms with Crippen molar-refractivity contribution in [1.29, 1.82) is 0 Å². The SMILES string of the molecule is CCOC(=O)c1cc(NC(=O)CN2C(=O)S/C(=C/c3cc(I)cc(I)c3OCc3ccccc3)C2=O)ccc1Cl. The minimum Gasteiger partial charge on any atom is -0.487 e. The molecule has 1 heterocycles. The summed E-state index contributed by atoms with van der Waals surface area (Å²) >= 11 is 11.2. The zero-order chi connectivity index (χ0) is 28.8. The largest absolute Gasteiger partial charge is 0.487 e. The minimum atomic E-state index is -0.628. The standard InChI is InChI=1S/C28H21ClI2N2O6S/c1-2-38-27(36)20-13-19(8-9-21(20)29)32-24(34)14-33-26(35)23(40-28(33)37)11-17-10-18(30)12-22(31)25(17)39-15-16-6-4-3-5-7-16/h3-13H,2,14-15H2,1H3,(H,32,34)/b23-11+. The van der Waals surface area contributed by atoms with Gasteiger partial charge in [0, 0.05) is 14.8 Å². The molecule has 0 aromatic heterocycles. The number of imide groups is 1. The highest BCUT2D eigenvalue weighted by atomic mass is 127. The molecule has 0 radical (unpaired) electrons. The van der Waals surface area contributed by atoms with Crippen LogP contribution in [-0.2, 0) is 20.9 Å². The molecular weight excluding hydrogens is 782 g/mol. The first kappa shape index (κ1) is 30.3. The minimum absolute atomic E-state index is 0.0906. The second kappa shape index (κ2) is 13.8. The molecule has 0 saturated carbocycles. The molecule has 0 bridgehead atoms. The average Bonchev–Trinajstić information content (AvgIpc) is 3.17. The highest BCUT2D eigenvalue weighted by Crippen LogP contribution is 2.36. The lowest BCUT2D eigenvalue weighted by Gasteiger charge is -2.14. The van der Waals surface area contributed by atoms with Crippen molar-refractivity contribution in [3.8, 4) is 5.75 Å². The molecule has 1 aliphatic rings. The fourth-order valence-corrected chi connectivity index (χ4v) is 6.73. The summed E-state index contributed by atoms with van der Waals surface area (Å²) < 4.78 is 12.9. The molecule has 8 nitrogen and oxygen atoms in total. The van der Waals surface area contributed by atoms with Crippen LogP contribution in [0.25, 0.3) is 6.08 Å². The normalized spacial score (nSPS) is 14.0. The van der Waals surface area contributed by atoms with Crippen molar-refractivity contribution >= 4 is 103 Å². The predicted molar refractivity (Wildman–Crippen MR) is 171 cm³/mol. The average molecular weight is 803 g/mol. The fraction of sp³-hybridized carbons (Fsp3) is 0.143. The number of halogens is 3. The van der Waals surface area contributed by atoms with E-state index in [2.05, 4.69) is 50.5 Å². The van der Waals surface area contributed by atoms with Crippen LogP contribution in [0.5, 0.6) is 5.75 Å². The van der Waals surface area contributed by atoms with Crippen molar-refractivity contribution in [3.63, 3.8) is 0 Å². The number of carbonyl (C=O) groups excluding carboxylic acids is 4. The van der Waals surface area contributed by atoms with E-state index in [4.69, 9.17) is 21.1 Å². The second-order valence-corrected chi connectivity index (χ2v) is 12.1. The summed E-state index contributed by atoms with van der Waals surface area (Å²) in [6, 6.07) is 17.9. The number of esters is 1. The van der Waals surface area contributed by atoms with E-state index < -0.39 is 29.6 Å². The number of hydrogen-bond donors (Lipinski definition) is 1. The summed E-state index contributed by atoms with van der Waals surface area (Å²) in [5.74, 6) is -1.24. The molecule has 0 aliphatic carbocycles. The van der Waals surface area contributed by atoms with Gasteiger partial charge in [0.15, 0.2) is 0 Å². The van der Waals surface area contributed by atoms with Crippen LogP contribution < -0.4 is 10.1 Å². The van der Waals surface area contributed by atoms with Crippen LogP contribution in [0.4, 0.5) is 10.5 Å². The van der Waals surface area contributed by atoms with E-state index in [1.807, 2.05) is 42.5 Å². The summed E-state index contributed by atoms with van der Waals surface area (Å²) in [5, 5.41) is 2.20. The van der Waals surface area contributed by atoms with Gasteiger partial charge in [-0.2, -0.15) is 0 Å². The zero-order valence-electron chi connectivity index (χ0n) is 20.9. The third-order valence-corrected chi connectivity index (χ3v) is 8.13. The lowest BCUT2D eigenvalue weighted by atomic mass is 10.1. The van der Waals surface area contributed by atoms with Crippen LogP contribution in [0.1, 0.15) is 28.4 Å². The Morgan fingerprint density at radius 2 is 1.82 bits per heavy atom. The Bertz CT molecular complexity index is 1520. The van der Waals surface area contributed by atoms with Gasteiger partial charge in [0.05, 0.1) is 25.7 Å². The van der Waals surface area contributed by atoms with E-state index in [0.717, 1.165) is 29.4 Å². The molecule has 12 heteroatoms. The first-order valence-electron chi connectivity index (χ1n) is 11.8. The highest BCUT2D eigenvalue weighted by molar-refractivity contribution is 14.1. The second-order valence-electron chi connectivity index (χ2n) is 8.31. The highest BCUT2D eigenvalue weighted by Gasteiger charge is 2.36. The van der Waals surface area contributed by atoms with Crippen LogP contribution in [-0.4, -0.2) is 41.1 Å². The molecule has 1 N–H and O–H groups in total. The maximum absolute atomic E-state index is 13.1. The fourth-order valence-electron chi connectivity index (χ4n) is 3.66. The molecule has 3 amide bonds. The lowest BCUT2D eigenvalue weighted by Crippen LogP contribution is -2.36. The van der Waals surface area contributed by atoms with Crippen molar-refractivity contribution in [3.05, 3.63) is 94.4 Å². The van der Waals surface area contributed by atoms with Crippen molar-refractivity contribution < 1.29 is 28.7 Å². The number of benzene rings is 3. The molecule has 3 aromatic carbocycles. The predicted octanol–water partition coefficient (Wildman–Crippen LogP) is 6.98. The smallest absolute Gasteiger partial charge is 0.339 e. The Kier molecular flexibility index (Phi) is 10.5. The van der Waals surface area contributed by atoms with E-state index in [-0.39, 0.29) is 27.8 Å². The first-order valence-corrected chi connectivity index (χ1v) is 15.2. The van der Waals surface area contributed by atoms with Crippen molar-refractivity contribution in [2.24, 2.45) is 0 Å². The van der Waals surface area contributed by atoms with Gasteiger partial charge in [0.1, 0.15) is 18.9 Å². The van der Waals surface area contributed by atoms with E-state index in [0.29, 0.717) is 17.9 Å². The Balaban J connectivity index is 1.49. The lowest BCUT2D eigenvalue weighted by molar-refractivity contribution is -0.127. The van der Waals surface area contributed by atoms with Gasteiger partial charge >= 0.3 is 5.97 Å². The molecule has 0 unspecified atom stereocenters. The maximum atomic E-state index is 13.1. The van der Waals surface area contributed by atoms with Crippen LogP contribution in [0.3, 0.4) is 0 Å². The van der Waals surface area contributed by atoms with Crippen LogP contribution in [0.2, 0.25) is 5.02 Å². The summed E-state index contributed by atoms with van der Waals surface area (Å²) in [5.41, 5.74) is 2.00. The molecule has 1 saturated heterocycles. The number of rotatable bonds is 9. The van der Waals surface area contributed by atoms with Gasteiger partial charge in [-0.25, -0.2) is 4.79 Å². The number of amides is 3. The number of nitrogens with zero attached hydrogens (tertiary/aromatic N) is 1. The number of nitrogens with one attached hydrogen (secondary N) is 1. The molecule has 0 atom stereocenters. The van der Waals surface area contributed by atoms with Crippen LogP contribution in [0.15, 0.2) is 65.6 Å². The van der Waals surface area contributed by atoms with Gasteiger partial charge in [-0.1, -0.05) is 41.9 Å². The number of hydrogen-bond acceptors (Lipinski definition) is 7. The van der Waals surface area contributed by atoms with Crippen molar-refractivity contribution in [1.82, 2.24) is 4.90 Å². The van der Waals surface area contributed by atoms with Gasteiger partial charge in [0.25, 0.3) is 11.1 Å². The topological polar surface area (TPSA) is 102 Å². The van der Waals surface area contributed by atoms with Gasteiger partial charge in [-0.3, -0.25) is 19.3 Å². The van der Waals surface area contributed by atoms with Crippen molar-refractivity contribution in [2.75, 3.05) is 18.5 Å². The third kappa shape index (κ3) is 7.56. The molecule has 1 fully saturated rings. The molecule has 4 rings (SSSR count). The summed E-state index contributed by atoms with van der Waals surface area (Å²) in [6.07, 6.45) is 1.61. The summed E-state index contributed by atoms with van der Waals surface area (Å²) in [4.78, 5) is 51.7. The number of carbonyl (C=O) groups is 4. The van der Waals surface area contributed by atoms with E-state index >= 15 is 0 Å². The molecule has 3 aromatic rings. The molecule has 40 heavy (non-hydrogen) atoms. The van der Waals surface area contributed by atoms with E-state index in [9.17, 15) is 19.2 Å². The number of anilines is 1.